The average Bonchev–Trinajstić information content (AvgIpc) is 2.45. The number of hydrogen-bond acceptors (Lipinski definition) is 4. The normalized spacial score (nSPS) is 13.6. The third-order valence-electron chi connectivity index (χ3n) is 3.39. The highest BCUT2D eigenvalue weighted by atomic mass is 16.5. The second kappa shape index (κ2) is 7.14. The second-order valence-corrected chi connectivity index (χ2v) is 4.92. The Bertz CT molecular complexity index is 461. The predicted octanol–water partition coefficient (Wildman–Crippen LogP) is 2.44. The highest BCUT2D eigenvalue weighted by Gasteiger charge is 2.31. The van der Waals surface area contributed by atoms with E-state index in [9.17, 15) is 9.90 Å². The van der Waals surface area contributed by atoms with E-state index in [1.165, 1.54) is 0 Å². The van der Waals surface area contributed by atoms with Crippen molar-refractivity contribution in [3.8, 4) is 11.5 Å². The van der Waals surface area contributed by atoms with Crippen LogP contribution >= 0.6 is 0 Å². The molecule has 0 radical (unpaired) electrons. The van der Waals surface area contributed by atoms with Crippen molar-refractivity contribution >= 4 is 5.97 Å². The molecule has 5 nitrogen and oxygen atoms in total. The molecular weight excluding hydrogens is 258 g/mol. The highest BCUT2D eigenvalue weighted by molar-refractivity contribution is 5.78. The lowest BCUT2D eigenvalue weighted by Crippen LogP contribution is -2.48. The van der Waals surface area contributed by atoms with E-state index >= 15 is 0 Å². The topological polar surface area (TPSA) is 67.8 Å². The Morgan fingerprint density at radius 1 is 1.35 bits per heavy atom. The van der Waals surface area contributed by atoms with Crippen LogP contribution in [0.1, 0.15) is 32.3 Å². The molecule has 0 saturated heterocycles. The number of nitrogens with one attached hydrogen (secondary N) is 1. The molecule has 2 N–H and O–H groups in total. The molecule has 112 valence electrons. The molecule has 0 amide bonds. The van der Waals surface area contributed by atoms with Gasteiger partial charge in [0.15, 0.2) is 0 Å². The largest absolute Gasteiger partial charge is 0.497 e. The number of rotatable bonds is 8. The number of hydrogen-bond donors (Lipinski definition) is 2. The van der Waals surface area contributed by atoms with Crippen LogP contribution in [0.4, 0.5) is 0 Å². The maximum Gasteiger partial charge on any atom is 0.323 e. The molecule has 0 spiro atoms. The molecule has 1 aromatic rings. The number of benzene rings is 1. The molecule has 0 aliphatic heterocycles. The van der Waals surface area contributed by atoms with Gasteiger partial charge in [-0.3, -0.25) is 10.1 Å². The van der Waals surface area contributed by atoms with Gasteiger partial charge in [-0.25, -0.2) is 0 Å². The standard InChI is InChI=1S/C15H23NO4/c1-5-8-15(2,14(17)18)16-10-11-6-7-12(19-3)9-13(11)20-4/h6-7,9,16H,5,8,10H2,1-4H3,(H,17,18). The molecule has 5 heteroatoms. The van der Waals surface area contributed by atoms with Gasteiger partial charge in [0.05, 0.1) is 14.2 Å². The third-order valence-corrected chi connectivity index (χ3v) is 3.39. The summed E-state index contributed by atoms with van der Waals surface area (Å²) in [6.45, 7) is 4.10. The van der Waals surface area contributed by atoms with Gasteiger partial charge in [0, 0.05) is 18.2 Å². The van der Waals surface area contributed by atoms with E-state index in [0.29, 0.717) is 24.5 Å². The zero-order valence-electron chi connectivity index (χ0n) is 12.5. The first-order valence-electron chi connectivity index (χ1n) is 6.66. The smallest absolute Gasteiger partial charge is 0.323 e. The van der Waals surface area contributed by atoms with Gasteiger partial charge in [-0.1, -0.05) is 19.4 Å². The van der Waals surface area contributed by atoms with Crippen molar-refractivity contribution in [3.63, 3.8) is 0 Å². The minimum Gasteiger partial charge on any atom is -0.497 e. The van der Waals surface area contributed by atoms with Crippen LogP contribution in [-0.4, -0.2) is 30.8 Å². The summed E-state index contributed by atoms with van der Waals surface area (Å²) >= 11 is 0. The van der Waals surface area contributed by atoms with Crippen LogP contribution in [0.15, 0.2) is 18.2 Å². The minimum absolute atomic E-state index is 0.427. The summed E-state index contributed by atoms with van der Waals surface area (Å²) in [4.78, 5) is 11.4. The van der Waals surface area contributed by atoms with Crippen LogP contribution in [0.5, 0.6) is 11.5 Å². The number of ether oxygens (including phenoxy) is 2. The third kappa shape index (κ3) is 3.87. The summed E-state index contributed by atoms with van der Waals surface area (Å²) < 4.78 is 10.4. The number of carbonyl (C=O) groups is 1. The van der Waals surface area contributed by atoms with Crippen LogP contribution in [0, 0.1) is 0 Å². The Labute approximate surface area is 119 Å². The van der Waals surface area contributed by atoms with Crippen LogP contribution in [0.3, 0.4) is 0 Å². The number of aliphatic carboxylic acids is 1. The van der Waals surface area contributed by atoms with Crippen LogP contribution in [-0.2, 0) is 11.3 Å². The van der Waals surface area contributed by atoms with E-state index in [1.54, 1.807) is 27.2 Å². The molecule has 1 rings (SSSR count). The summed E-state index contributed by atoms with van der Waals surface area (Å²) in [6.07, 6.45) is 1.37. The van der Waals surface area contributed by atoms with Crippen molar-refractivity contribution in [2.24, 2.45) is 0 Å². The van der Waals surface area contributed by atoms with Gasteiger partial charge < -0.3 is 14.6 Å². The fourth-order valence-corrected chi connectivity index (χ4v) is 2.06. The van der Waals surface area contributed by atoms with E-state index in [0.717, 1.165) is 12.0 Å². The van der Waals surface area contributed by atoms with E-state index in [4.69, 9.17) is 9.47 Å². The van der Waals surface area contributed by atoms with Crippen molar-refractivity contribution < 1.29 is 19.4 Å². The van der Waals surface area contributed by atoms with Crippen molar-refractivity contribution in [1.29, 1.82) is 0 Å². The molecule has 1 unspecified atom stereocenters. The van der Waals surface area contributed by atoms with Crippen molar-refractivity contribution in [1.82, 2.24) is 5.32 Å². The first-order valence-corrected chi connectivity index (χ1v) is 6.66. The maximum absolute atomic E-state index is 11.4. The highest BCUT2D eigenvalue weighted by Crippen LogP contribution is 2.25. The van der Waals surface area contributed by atoms with E-state index < -0.39 is 11.5 Å². The Kier molecular flexibility index (Phi) is 5.82. The molecule has 0 fully saturated rings. The molecule has 20 heavy (non-hydrogen) atoms. The quantitative estimate of drug-likeness (QED) is 0.766. The van der Waals surface area contributed by atoms with Crippen LogP contribution in [0.25, 0.3) is 0 Å². The zero-order chi connectivity index (χ0) is 15.2. The molecule has 0 bridgehead atoms. The molecule has 1 aromatic carbocycles. The second-order valence-electron chi connectivity index (χ2n) is 4.92. The SMILES string of the molecule is CCCC(C)(NCc1ccc(OC)cc1OC)C(=O)O. The lowest BCUT2D eigenvalue weighted by Gasteiger charge is -2.26. The summed E-state index contributed by atoms with van der Waals surface area (Å²) in [5, 5.41) is 12.4. The van der Waals surface area contributed by atoms with Gasteiger partial charge in [0.2, 0.25) is 0 Å². The number of methoxy groups -OCH3 is 2. The minimum atomic E-state index is -0.931. The number of carboxylic acid groups (broad SMARTS) is 1. The zero-order valence-corrected chi connectivity index (χ0v) is 12.5. The first-order chi connectivity index (χ1) is 9.46. The maximum atomic E-state index is 11.4. The lowest BCUT2D eigenvalue weighted by atomic mass is 9.96. The van der Waals surface area contributed by atoms with E-state index in [2.05, 4.69) is 5.32 Å². The molecular formula is C15H23NO4. The van der Waals surface area contributed by atoms with Crippen molar-refractivity contribution in [3.05, 3.63) is 23.8 Å². The summed E-state index contributed by atoms with van der Waals surface area (Å²) in [5.41, 5.74) is -0.0310. The summed E-state index contributed by atoms with van der Waals surface area (Å²) in [6, 6.07) is 5.49. The van der Waals surface area contributed by atoms with Gasteiger partial charge in [0.25, 0.3) is 0 Å². The summed E-state index contributed by atoms with van der Waals surface area (Å²) in [5.74, 6) is 0.549. The van der Waals surface area contributed by atoms with Crippen molar-refractivity contribution in [2.45, 2.75) is 38.8 Å². The Balaban J connectivity index is 2.85. The molecule has 0 saturated carbocycles. The molecule has 1 atom stereocenters. The Hall–Kier alpha value is -1.75. The number of carboxylic acids is 1. The molecule has 0 aliphatic carbocycles. The Morgan fingerprint density at radius 3 is 2.55 bits per heavy atom. The van der Waals surface area contributed by atoms with Gasteiger partial charge in [-0.15, -0.1) is 0 Å². The van der Waals surface area contributed by atoms with Gasteiger partial charge in [-0.05, 0) is 19.4 Å². The molecule has 0 aromatic heterocycles. The van der Waals surface area contributed by atoms with E-state index in [1.807, 2.05) is 19.1 Å². The lowest BCUT2D eigenvalue weighted by molar-refractivity contribution is -0.144. The first kappa shape index (κ1) is 16.3. The predicted molar refractivity (Wildman–Crippen MR) is 77.3 cm³/mol. The monoisotopic (exact) mass is 281 g/mol. The summed E-state index contributed by atoms with van der Waals surface area (Å²) in [7, 11) is 3.18. The van der Waals surface area contributed by atoms with Crippen molar-refractivity contribution in [2.75, 3.05) is 14.2 Å². The van der Waals surface area contributed by atoms with E-state index in [-0.39, 0.29) is 0 Å². The average molecular weight is 281 g/mol. The van der Waals surface area contributed by atoms with Gasteiger partial charge >= 0.3 is 5.97 Å². The Morgan fingerprint density at radius 2 is 2.05 bits per heavy atom. The molecule has 0 aliphatic rings. The van der Waals surface area contributed by atoms with Gasteiger partial charge in [-0.2, -0.15) is 0 Å². The van der Waals surface area contributed by atoms with Crippen LogP contribution < -0.4 is 14.8 Å². The van der Waals surface area contributed by atoms with Crippen LogP contribution in [0.2, 0.25) is 0 Å². The fraction of sp³-hybridized carbons (Fsp3) is 0.533. The fourth-order valence-electron chi connectivity index (χ4n) is 2.06. The molecule has 0 heterocycles. The van der Waals surface area contributed by atoms with Gasteiger partial charge in [0.1, 0.15) is 17.0 Å².